The highest BCUT2D eigenvalue weighted by Crippen LogP contribution is 2.17. The van der Waals surface area contributed by atoms with Crippen LogP contribution in [0.25, 0.3) is 0 Å². The maximum Gasteiger partial charge on any atom is 0.314 e. The van der Waals surface area contributed by atoms with E-state index in [0.717, 1.165) is 24.8 Å². The number of rotatable bonds is 6. The van der Waals surface area contributed by atoms with Gasteiger partial charge in [0.15, 0.2) is 0 Å². The van der Waals surface area contributed by atoms with Gasteiger partial charge in [0.1, 0.15) is 0 Å². The summed E-state index contributed by atoms with van der Waals surface area (Å²) in [6, 6.07) is 6.53. The van der Waals surface area contributed by atoms with Gasteiger partial charge in [-0.05, 0) is 36.5 Å². The first kappa shape index (κ1) is 16.8. The van der Waals surface area contributed by atoms with Crippen molar-refractivity contribution in [2.75, 3.05) is 19.6 Å². The van der Waals surface area contributed by atoms with Crippen LogP contribution in [0.4, 0.5) is 4.79 Å². The fraction of sp³-hybridized carbons (Fsp3) is 0.533. The number of sulfonamides is 1. The van der Waals surface area contributed by atoms with Crippen molar-refractivity contribution in [1.82, 2.24) is 9.62 Å². The number of hydrogen-bond donors (Lipinski definition) is 2. The average Bonchev–Trinajstić information content (AvgIpc) is 2.95. The Hall–Kier alpha value is -1.60. The van der Waals surface area contributed by atoms with E-state index < -0.39 is 16.1 Å². The number of urea groups is 1. The summed E-state index contributed by atoms with van der Waals surface area (Å²) in [5.74, 6) is 0.113. The van der Waals surface area contributed by atoms with Gasteiger partial charge in [-0.2, -0.15) is 0 Å². The number of benzene rings is 1. The molecule has 1 aliphatic rings. The fourth-order valence-corrected chi connectivity index (χ4v) is 3.75. The molecule has 0 aliphatic carbocycles. The number of nitrogens with one attached hydrogen (secondary N) is 1. The van der Waals surface area contributed by atoms with E-state index in [1.807, 2.05) is 12.1 Å². The molecule has 0 bridgehead atoms. The van der Waals surface area contributed by atoms with Crippen LogP contribution in [0.3, 0.4) is 0 Å². The van der Waals surface area contributed by atoms with Crippen molar-refractivity contribution < 1.29 is 13.2 Å². The summed E-state index contributed by atoms with van der Waals surface area (Å²) in [4.78, 5) is 12.9. The van der Waals surface area contributed by atoms with Crippen molar-refractivity contribution in [2.45, 2.75) is 31.1 Å². The van der Waals surface area contributed by atoms with Crippen LogP contribution in [0.15, 0.2) is 29.2 Å². The molecule has 1 heterocycles. The number of hydrogen-bond acceptors (Lipinski definition) is 3. The molecule has 1 aromatic rings. The third-order valence-corrected chi connectivity index (χ3v) is 5.37. The maximum atomic E-state index is 12.3. The smallest absolute Gasteiger partial charge is 0.314 e. The Bertz CT molecular complexity index is 613. The zero-order chi connectivity index (χ0) is 16.2. The van der Waals surface area contributed by atoms with E-state index in [1.165, 1.54) is 0 Å². The Morgan fingerprint density at radius 3 is 2.59 bits per heavy atom. The van der Waals surface area contributed by atoms with Crippen LogP contribution >= 0.6 is 0 Å². The quantitative estimate of drug-likeness (QED) is 0.826. The molecule has 1 aromatic carbocycles. The largest absolute Gasteiger partial charge is 0.351 e. The lowest BCUT2D eigenvalue weighted by atomic mass is 10.1. The monoisotopic (exact) mass is 325 g/mol. The zero-order valence-corrected chi connectivity index (χ0v) is 13.6. The molecule has 6 nitrogen and oxygen atoms in total. The van der Waals surface area contributed by atoms with Gasteiger partial charge in [0.05, 0.1) is 4.90 Å². The number of primary amides is 1. The third kappa shape index (κ3) is 4.20. The summed E-state index contributed by atoms with van der Waals surface area (Å²) >= 11 is 0. The van der Waals surface area contributed by atoms with Gasteiger partial charge >= 0.3 is 6.03 Å². The topological polar surface area (TPSA) is 92.5 Å². The van der Waals surface area contributed by atoms with Crippen molar-refractivity contribution >= 4 is 16.1 Å². The molecule has 0 spiro atoms. The van der Waals surface area contributed by atoms with E-state index in [9.17, 15) is 13.2 Å². The Morgan fingerprint density at radius 1 is 1.36 bits per heavy atom. The third-order valence-electron chi connectivity index (χ3n) is 3.93. The second-order valence-corrected chi connectivity index (χ2v) is 7.45. The highest BCUT2D eigenvalue weighted by molar-refractivity contribution is 7.89. The van der Waals surface area contributed by atoms with Gasteiger partial charge in [0.25, 0.3) is 0 Å². The predicted molar refractivity (Wildman–Crippen MR) is 84.9 cm³/mol. The molecular formula is C15H23N3O3S. The molecule has 3 N–H and O–H groups in total. The standard InChI is InChI=1S/C15H23N3O3S/c1-2-3-12-4-6-14(7-5-12)22(20,21)17-10-13-8-9-18(11-13)15(16)19/h4-7,13,17H,2-3,8-11H2,1H3,(H2,16,19). The summed E-state index contributed by atoms with van der Waals surface area (Å²) in [5.41, 5.74) is 6.35. The van der Waals surface area contributed by atoms with Crippen molar-refractivity contribution in [1.29, 1.82) is 0 Å². The SMILES string of the molecule is CCCc1ccc(S(=O)(=O)NCC2CCN(C(N)=O)C2)cc1. The highest BCUT2D eigenvalue weighted by atomic mass is 32.2. The molecule has 1 fully saturated rings. The fourth-order valence-electron chi connectivity index (χ4n) is 2.63. The summed E-state index contributed by atoms with van der Waals surface area (Å²) in [6.45, 7) is 3.51. The van der Waals surface area contributed by atoms with Gasteiger partial charge < -0.3 is 10.6 Å². The number of likely N-dealkylation sites (tertiary alicyclic amines) is 1. The molecule has 0 aromatic heterocycles. The minimum atomic E-state index is -3.50. The summed E-state index contributed by atoms with van der Waals surface area (Å²) in [7, 11) is -3.50. The molecule has 1 atom stereocenters. The lowest BCUT2D eigenvalue weighted by molar-refractivity contribution is 0.217. The van der Waals surface area contributed by atoms with Crippen molar-refractivity contribution in [3.63, 3.8) is 0 Å². The van der Waals surface area contributed by atoms with Crippen LogP contribution in [0.5, 0.6) is 0 Å². The van der Waals surface area contributed by atoms with Crippen molar-refractivity contribution in [3.05, 3.63) is 29.8 Å². The van der Waals surface area contributed by atoms with E-state index in [-0.39, 0.29) is 10.8 Å². The van der Waals surface area contributed by atoms with E-state index in [4.69, 9.17) is 5.73 Å². The first-order chi connectivity index (χ1) is 10.4. The van der Waals surface area contributed by atoms with Crippen LogP contribution < -0.4 is 10.5 Å². The average molecular weight is 325 g/mol. The maximum absolute atomic E-state index is 12.3. The summed E-state index contributed by atoms with van der Waals surface area (Å²) < 4.78 is 27.1. The lowest BCUT2D eigenvalue weighted by Crippen LogP contribution is -2.35. The summed E-state index contributed by atoms with van der Waals surface area (Å²) in [6.07, 6.45) is 2.74. The Morgan fingerprint density at radius 2 is 2.05 bits per heavy atom. The van der Waals surface area contributed by atoms with E-state index in [0.29, 0.717) is 19.6 Å². The van der Waals surface area contributed by atoms with E-state index in [2.05, 4.69) is 11.6 Å². The number of carbonyl (C=O) groups is 1. The molecule has 1 saturated heterocycles. The van der Waals surface area contributed by atoms with Gasteiger partial charge in [0.2, 0.25) is 10.0 Å². The van der Waals surface area contributed by atoms with Gasteiger partial charge in [-0.15, -0.1) is 0 Å². The Balaban J connectivity index is 1.92. The van der Waals surface area contributed by atoms with Crippen LogP contribution in [0.1, 0.15) is 25.3 Å². The highest BCUT2D eigenvalue weighted by Gasteiger charge is 2.26. The van der Waals surface area contributed by atoms with Gasteiger partial charge in [-0.1, -0.05) is 25.5 Å². The van der Waals surface area contributed by atoms with Gasteiger partial charge in [-0.3, -0.25) is 0 Å². The number of carbonyl (C=O) groups excluding carboxylic acids is 1. The molecule has 2 rings (SSSR count). The van der Waals surface area contributed by atoms with E-state index >= 15 is 0 Å². The molecule has 122 valence electrons. The van der Waals surface area contributed by atoms with Crippen molar-refractivity contribution in [2.24, 2.45) is 11.7 Å². The summed E-state index contributed by atoms with van der Waals surface area (Å²) in [5, 5.41) is 0. The predicted octanol–water partition coefficient (Wildman–Crippen LogP) is 1.32. The number of nitrogens with zero attached hydrogens (tertiary/aromatic N) is 1. The molecule has 0 saturated carbocycles. The van der Waals surface area contributed by atoms with Crippen LogP contribution in [-0.2, 0) is 16.4 Å². The number of amides is 2. The normalized spacial score (nSPS) is 18.6. The molecular weight excluding hydrogens is 302 g/mol. The molecule has 22 heavy (non-hydrogen) atoms. The van der Waals surface area contributed by atoms with E-state index in [1.54, 1.807) is 17.0 Å². The van der Waals surface area contributed by atoms with Gasteiger partial charge in [-0.25, -0.2) is 17.9 Å². The second kappa shape index (κ2) is 7.11. The first-order valence-corrected chi connectivity index (χ1v) is 9.03. The second-order valence-electron chi connectivity index (χ2n) is 5.68. The molecule has 7 heteroatoms. The molecule has 2 amide bonds. The minimum Gasteiger partial charge on any atom is -0.351 e. The Kier molecular flexibility index (Phi) is 5.42. The Labute approximate surface area is 131 Å². The molecule has 1 unspecified atom stereocenters. The van der Waals surface area contributed by atoms with Crippen molar-refractivity contribution in [3.8, 4) is 0 Å². The molecule has 1 aliphatic heterocycles. The molecule has 0 radical (unpaired) electrons. The van der Waals surface area contributed by atoms with Gasteiger partial charge in [0, 0.05) is 19.6 Å². The van der Waals surface area contributed by atoms with Crippen LogP contribution in [-0.4, -0.2) is 39.0 Å². The zero-order valence-electron chi connectivity index (χ0n) is 12.8. The van der Waals surface area contributed by atoms with Crippen LogP contribution in [0.2, 0.25) is 0 Å². The minimum absolute atomic E-state index is 0.113. The first-order valence-electron chi connectivity index (χ1n) is 7.55. The number of aryl methyl sites for hydroxylation is 1. The number of nitrogens with two attached hydrogens (primary N) is 1. The lowest BCUT2D eigenvalue weighted by Gasteiger charge is -2.14. The van der Waals surface area contributed by atoms with Crippen LogP contribution in [0, 0.1) is 5.92 Å².